The fraction of sp³-hybridized carbons (Fsp3) is 0.0769. The Morgan fingerprint density at radius 1 is 1.25 bits per heavy atom. The van der Waals surface area contributed by atoms with Crippen LogP contribution in [0, 0.1) is 12.7 Å². The van der Waals surface area contributed by atoms with Crippen LogP contribution >= 0.6 is 0 Å². The third kappa shape index (κ3) is 1.98. The molecule has 16 heavy (non-hydrogen) atoms. The Bertz CT molecular complexity index is 537. The Kier molecular flexibility index (Phi) is 2.77. The molecule has 1 aromatic heterocycles. The number of rotatable bonds is 2. The molecule has 2 aromatic rings. The van der Waals surface area contributed by atoms with Gasteiger partial charge in [0.1, 0.15) is 12.1 Å². The first-order valence-electron chi connectivity index (χ1n) is 4.87. The zero-order valence-electron chi connectivity index (χ0n) is 8.77. The summed E-state index contributed by atoms with van der Waals surface area (Å²) in [7, 11) is 0. The summed E-state index contributed by atoms with van der Waals surface area (Å²) in [5.41, 5.74) is 3.07. The number of hydrogen-bond acceptors (Lipinski definition) is 2. The zero-order valence-corrected chi connectivity index (χ0v) is 8.77. The molecule has 1 heterocycles. The number of carbonyl (C=O) groups excluding carboxylic acids is 1. The number of aryl methyl sites for hydroxylation is 1. The third-order valence-electron chi connectivity index (χ3n) is 2.41. The normalized spacial score (nSPS) is 10.1. The molecule has 80 valence electrons. The highest BCUT2D eigenvalue weighted by molar-refractivity contribution is 5.80. The van der Waals surface area contributed by atoms with E-state index in [9.17, 15) is 9.18 Å². The van der Waals surface area contributed by atoms with Gasteiger partial charge >= 0.3 is 0 Å². The Hall–Kier alpha value is -2.03. The predicted octanol–water partition coefficient (Wildman–Crippen LogP) is 3.01. The highest BCUT2D eigenvalue weighted by Gasteiger charge is 2.04. The first kappa shape index (κ1) is 10.5. The highest BCUT2D eigenvalue weighted by Crippen LogP contribution is 2.23. The van der Waals surface area contributed by atoms with Crippen molar-refractivity contribution in [3.8, 4) is 11.1 Å². The molecule has 2 rings (SSSR count). The molecule has 0 aliphatic heterocycles. The minimum Gasteiger partial charge on any atom is -0.298 e. The van der Waals surface area contributed by atoms with Crippen LogP contribution in [0.15, 0.2) is 36.7 Å². The van der Waals surface area contributed by atoms with Gasteiger partial charge in [0.15, 0.2) is 0 Å². The highest BCUT2D eigenvalue weighted by atomic mass is 19.1. The molecule has 0 aliphatic carbocycles. The maximum absolute atomic E-state index is 13.0. The number of hydrogen-bond donors (Lipinski definition) is 0. The molecule has 0 saturated carbocycles. The van der Waals surface area contributed by atoms with E-state index in [1.807, 2.05) is 13.0 Å². The smallest absolute Gasteiger partial charge is 0.150 e. The topological polar surface area (TPSA) is 30.0 Å². The van der Waals surface area contributed by atoms with Crippen molar-refractivity contribution in [1.82, 2.24) is 4.98 Å². The summed E-state index contributed by atoms with van der Waals surface area (Å²) >= 11 is 0. The lowest BCUT2D eigenvalue weighted by atomic mass is 10.00. The van der Waals surface area contributed by atoms with Gasteiger partial charge in [-0.2, -0.15) is 0 Å². The van der Waals surface area contributed by atoms with E-state index in [0.717, 1.165) is 23.6 Å². The van der Waals surface area contributed by atoms with Crippen molar-refractivity contribution < 1.29 is 9.18 Å². The fourth-order valence-electron chi connectivity index (χ4n) is 1.58. The number of nitrogens with zero attached hydrogens (tertiary/aromatic N) is 1. The molecular weight excluding hydrogens is 205 g/mol. The Morgan fingerprint density at radius 3 is 2.75 bits per heavy atom. The quantitative estimate of drug-likeness (QED) is 0.721. The molecule has 0 aliphatic rings. The average Bonchev–Trinajstić information content (AvgIpc) is 2.30. The number of benzene rings is 1. The van der Waals surface area contributed by atoms with Crippen LogP contribution < -0.4 is 0 Å². The number of carbonyl (C=O) groups is 1. The largest absolute Gasteiger partial charge is 0.298 e. The lowest BCUT2D eigenvalue weighted by Gasteiger charge is -2.06. The third-order valence-corrected chi connectivity index (χ3v) is 2.41. The van der Waals surface area contributed by atoms with E-state index < -0.39 is 0 Å². The van der Waals surface area contributed by atoms with Crippen LogP contribution in [-0.4, -0.2) is 11.3 Å². The van der Waals surface area contributed by atoms with Crippen molar-refractivity contribution in [2.75, 3.05) is 0 Å². The fourth-order valence-corrected chi connectivity index (χ4v) is 1.58. The minimum absolute atomic E-state index is 0.381. The van der Waals surface area contributed by atoms with Crippen LogP contribution in [0.3, 0.4) is 0 Å². The van der Waals surface area contributed by atoms with Crippen LogP contribution in [0.5, 0.6) is 0 Å². The van der Waals surface area contributed by atoms with Crippen molar-refractivity contribution in [2.45, 2.75) is 6.92 Å². The van der Waals surface area contributed by atoms with E-state index in [-0.39, 0.29) is 5.82 Å². The van der Waals surface area contributed by atoms with Gasteiger partial charge in [0, 0.05) is 17.3 Å². The SMILES string of the molecule is Cc1ccc(C=O)cc1-c1cncc(F)c1. The number of halogens is 1. The molecule has 2 nitrogen and oxygen atoms in total. The van der Waals surface area contributed by atoms with Gasteiger partial charge in [-0.15, -0.1) is 0 Å². The van der Waals surface area contributed by atoms with E-state index in [1.54, 1.807) is 18.3 Å². The van der Waals surface area contributed by atoms with Gasteiger partial charge in [-0.3, -0.25) is 9.78 Å². The molecule has 0 atom stereocenters. The molecule has 0 fully saturated rings. The van der Waals surface area contributed by atoms with Crippen LogP contribution in [0.25, 0.3) is 11.1 Å². The Morgan fingerprint density at radius 2 is 2.06 bits per heavy atom. The van der Waals surface area contributed by atoms with Gasteiger partial charge in [-0.1, -0.05) is 12.1 Å². The van der Waals surface area contributed by atoms with Crippen molar-refractivity contribution in [2.24, 2.45) is 0 Å². The second-order valence-corrected chi connectivity index (χ2v) is 3.58. The molecule has 0 saturated heterocycles. The molecule has 0 amide bonds. The summed E-state index contributed by atoms with van der Waals surface area (Å²) in [6.07, 6.45) is 3.51. The van der Waals surface area contributed by atoms with Gasteiger partial charge in [0.2, 0.25) is 0 Å². The predicted molar refractivity (Wildman–Crippen MR) is 59.8 cm³/mol. The molecule has 1 aromatic carbocycles. The molecule has 0 bridgehead atoms. The van der Waals surface area contributed by atoms with Gasteiger partial charge in [-0.05, 0) is 30.2 Å². The first-order chi connectivity index (χ1) is 7.70. The van der Waals surface area contributed by atoms with Crippen molar-refractivity contribution in [3.05, 3.63) is 53.6 Å². The molecule has 3 heteroatoms. The first-order valence-corrected chi connectivity index (χ1v) is 4.87. The second-order valence-electron chi connectivity index (χ2n) is 3.58. The van der Waals surface area contributed by atoms with Gasteiger partial charge < -0.3 is 0 Å². The van der Waals surface area contributed by atoms with Crippen molar-refractivity contribution in [3.63, 3.8) is 0 Å². The van der Waals surface area contributed by atoms with Gasteiger partial charge in [0.05, 0.1) is 6.20 Å². The standard InChI is InChI=1S/C13H10FNO/c1-9-2-3-10(8-16)4-13(9)11-5-12(14)7-15-6-11/h2-8H,1H3. The van der Waals surface area contributed by atoms with Gasteiger partial charge in [-0.25, -0.2) is 4.39 Å². The van der Waals surface area contributed by atoms with Crippen molar-refractivity contribution >= 4 is 6.29 Å². The summed E-state index contributed by atoms with van der Waals surface area (Å²) in [5, 5.41) is 0. The van der Waals surface area contributed by atoms with E-state index in [0.29, 0.717) is 11.1 Å². The maximum Gasteiger partial charge on any atom is 0.150 e. The second kappa shape index (κ2) is 4.23. The maximum atomic E-state index is 13.0. The molecular formula is C13H10FNO. The lowest BCUT2D eigenvalue weighted by Crippen LogP contribution is -1.89. The lowest BCUT2D eigenvalue weighted by molar-refractivity contribution is 0.112. The number of aromatic nitrogens is 1. The summed E-state index contributed by atoms with van der Waals surface area (Å²) in [5.74, 6) is -0.381. The van der Waals surface area contributed by atoms with Crippen LogP contribution in [0.2, 0.25) is 0 Å². The van der Waals surface area contributed by atoms with Gasteiger partial charge in [0.25, 0.3) is 0 Å². The molecule has 0 radical (unpaired) electrons. The summed E-state index contributed by atoms with van der Waals surface area (Å²) in [6.45, 7) is 1.91. The van der Waals surface area contributed by atoms with E-state index in [1.165, 1.54) is 6.07 Å². The van der Waals surface area contributed by atoms with Crippen LogP contribution in [0.1, 0.15) is 15.9 Å². The molecule has 0 unspecified atom stereocenters. The number of pyridine rings is 1. The van der Waals surface area contributed by atoms with E-state index in [2.05, 4.69) is 4.98 Å². The molecule has 0 spiro atoms. The monoisotopic (exact) mass is 215 g/mol. The summed E-state index contributed by atoms with van der Waals surface area (Å²) in [6, 6.07) is 6.71. The Labute approximate surface area is 92.8 Å². The summed E-state index contributed by atoms with van der Waals surface area (Å²) in [4.78, 5) is 14.5. The molecule has 0 N–H and O–H groups in total. The van der Waals surface area contributed by atoms with E-state index >= 15 is 0 Å². The number of aldehydes is 1. The Balaban J connectivity index is 2.58. The summed E-state index contributed by atoms with van der Waals surface area (Å²) < 4.78 is 13.0. The van der Waals surface area contributed by atoms with Crippen LogP contribution in [0.4, 0.5) is 4.39 Å². The van der Waals surface area contributed by atoms with Crippen LogP contribution in [-0.2, 0) is 0 Å². The zero-order chi connectivity index (χ0) is 11.5. The minimum atomic E-state index is -0.381. The van der Waals surface area contributed by atoms with Crippen molar-refractivity contribution in [1.29, 1.82) is 0 Å². The average molecular weight is 215 g/mol. The van der Waals surface area contributed by atoms with E-state index in [4.69, 9.17) is 0 Å².